The molecular weight excluding hydrogens is 423 g/mol. The van der Waals surface area contributed by atoms with Gasteiger partial charge in [0.2, 0.25) is 5.91 Å². The van der Waals surface area contributed by atoms with E-state index in [4.69, 9.17) is 17.3 Å². The first-order valence-corrected chi connectivity index (χ1v) is 9.76. The molecule has 0 radical (unpaired) electrons. The van der Waals surface area contributed by atoms with Crippen molar-refractivity contribution in [1.29, 1.82) is 0 Å². The van der Waals surface area contributed by atoms with Crippen LogP contribution >= 0.6 is 22.9 Å². The summed E-state index contributed by atoms with van der Waals surface area (Å²) in [5, 5.41) is 3.34. The maximum atomic E-state index is 14.0. The number of aryl methyl sites for hydroxylation is 1. The van der Waals surface area contributed by atoms with E-state index in [2.05, 4.69) is 4.74 Å². The van der Waals surface area contributed by atoms with Crippen molar-refractivity contribution in [3.63, 3.8) is 0 Å². The number of hydrogen-bond donors (Lipinski definition) is 3. The van der Waals surface area contributed by atoms with Gasteiger partial charge in [-0.25, -0.2) is 4.79 Å². The van der Waals surface area contributed by atoms with Gasteiger partial charge in [0.05, 0.1) is 12.2 Å². The number of ether oxygens (including phenoxy) is 1. The molecule has 0 bridgehead atoms. The minimum Gasteiger partial charge on any atom is -0.463 e. The lowest BCUT2D eigenvalue weighted by atomic mass is 9.95. The highest BCUT2D eigenvalue weighted by Crippen LogP contribution is 2.41. The van der Waals surface area contributed by atoms with Crippen molar-refractivity contribution in [3.8, 4) is 0 Å². The zero-order chi connectivity index (χ0) is 21.1. The Bertz CT molecular complexity index is 784. The van der Waals surface area contributed by atoms with Crippen LogP contribution in [0.15, 0.2) is 0 Å². The molecule has 0 spiro atoms. The first-order chi connectivity index (χ1) is 13.1. The maximum Gasteiger partial charge on any atom is 0.441 e. The lowest BCUT2D eigenvalue weighted by Gasteiger charge is -2.35. The summed E-state index contributed by atoms with van der Waals surface area (Å²) in [5.74, 6) is -4.77. The highest BCUT2D eigenvalue weighted by Gasteiger charge is 2.64. The molecule has 0 fully saturated rings. The quantitative estimate of drug-likeness (QED) is 0.341. The second kappa shape index (κ2) is 8.56. The predicted octanol–water partition coefficient (Wildman–Crippen LogP) is 2.31. The van der Waals surface area contributed by atoms with Crippen molar-refractivity contribution in [2.75, 3.05) is 17.8 Å². The fourth-order valence-electron chi connectivity index (χ4n) is 2.96. The zero-order valence-corrected chi connectivity index (χ0v) is 16.4. The van der Waals surface area contributed by atoms with E-state index in [1.807, 2.05) is 5.32 Å². The fourth-order valence-corrected chi connectivity index (χ4v) is 4.37. The Morgan fingerprint density at radius 1 is 1.25 bits per heavy atom. The topological polar surface area (TPSA) is 111 Å². The van der Waals surface area contributed by atoms with Gasteiger partial charge in [-0.3, -0.25) is 9.59 Å². The minimum atomic E-state index is -5.31. The summed E-state index contributed by atoms with van der Waals surface area (Å²) in [6, 6.07) is 0. The summed E-state index contributed by atoms with van der Waals surface area (Å²) < 4.78 is 46.6. The van der Waals surface area contributed by atoms with Crippen LogP contribution in [-0.4, -0.2) is 42.1 Å². The second-order valence-electron chi connectivity index (χ2n) is 6.05. The van der Waals surface area contributed by atoms with E-state index in [1.54, 1.807) is 5.32 Å². The summed E-state index contributed by atoms with van der Waals surface area (Å²) >= 11 is 6.23. The van der Waals surface area contributed by atoms with E-state index in [-0.39, 0.29) is 17.2 Å². The van der Waals surface area contributed by atoms with Crippen molar-refractivity contribution < 1.29 is 32.3 Å². The Morgan fingerprint density at radius 2 is 1.89 bits per heavy atom. The number of carbonyl (C=O) groups is 3. The van der Waals surface area contributed by atoms with Crippen molar-refractivity contribution in [2.24, 2.45) is 5.73 Å². The summed E-state index contributed by atoms with van der Waals surface area (Å²) in [5.41, 5.74) is 2.23. The second-order valence-corrected chi connectivity index (χ2v) is 7.43. The fraction of sp³-hybridized carbons (Fsp3) is 0.562. The van der Waals surface area contributed by atoms with Crippen LogP contribution in [0.1, 0.15) is 40.6 Å². The smallest absolute Gasteiger partial charge is 0.441 e. The van der Waals surface area contributed by atoms with Crippen LogP contribution in [0.2, 0.25) is 0 Å². The van der Waals surface area contributed by atoms with Gasteiger partial charge in [-0.05, 0) is 38.2 Å². The number of alkyl halides is 4. The summed E-state index contributed by atoms with van der Waals surface area (Å²) in [7, 11) is 0. The van der Waals surface area contributed by atoms with Gasteiger partial charge < -0.3 is 21.1 Å². The van der Waals surface area contributed by atoms with Crippen LogP contribution in [0.4, 0.5) is 18.2 Å². The van der Waals surface area contributed by atoms with Gasteiger partial charge in [0.25, 0.3) is 5.91 Å². The molecule has 2 amide bonds. The number of nitrogens with two attached hydrogens (primary N) is 1. The summed E-state index contributed by atoms with van der Waals surface area (Å²) in [4.78, 5) is 36.7. The Morgan fingerprint density at radius 3 is 2.43 bits per heavy atom. The van der Waals surface area contributed by atoms with Crippen LogP contribution in [0, 0.1) is 0 Å². The molecule has 1 atom stereocenters. The van der Waals surface area contributed by atoms with Gasteiger partial charge >= 0.3 is 17.8 Å². The summed E-state index contributed by atoms with van der Waals surface area (Å²) in [6.45, 7) is 0.958. The number of hydrogen-bond acceptors (Lipinski definition) is 6. The molecule has 156 valence electrons. The highest BCUT2D eigenvalue weighted by molar-refractivity contribution is 7.16. The molecule has 28 heavy (non-hydrogen) atoms. The molecule has 0 aromatic carbocycles. The third-order valence-electron chi connectivity index (χ3n) is 4.17. The third kappa shape index (κ3) is 4.19. The molecule has 0 saturated heterocycles. The molecule has 4 N–H and O–H groups in total. The molecule has 1 aromatic rings. The number of halogens is 4. The van der Waals surface area contributed by atoms with Crippen molar-refractivity contribution in [3.05, 3.63) is 16.0 Å². The zero-order valence-electron chi connectivity index (χ0n) is 14.9. The molecule has 1 aliphatic rings. The normalized spacial score (nSPS) is 15.9. The molecular formula is C16H19ClF3N3O4S. The Kier molecular flexibility index (Phi) is 6.81. The van der Waals surface area contributed by atoms with Gasteiger partial charge in [-0.1, -0.05) is 0 Å². The van der Waals surface area contributed by atoms with Crippen LogP contribution in [0.3, 0.4) is 0 Å². The van der Waals surface area contributed by atoms with Crippen molar-refractivity contribution in [1.82, 2.24) is 5.32 Å². The first-order valence-electron chi connectivity index (χ1n) is 8.40. The molecule has 0 saturated carbocycles. The van der Waals surface area contributed by atoms with Crippen LogP contribution in [0.5, 0.6) is 0 Å². The number of nitrogens with one attached hydrogen (secondary N) is 2. The molecule has 7 nitrogen and oxygen atoms in total. The van der Waals surface area contributed by atoms with E-state index in [1.165, 1.54) is 6.92 Å². The summed E-state index contributed by atoms with van der Waals surface area (Å²) in [6.07, 6.45) is -2.67. The highest BCUT2D eigenvalue weighted by atomic mass is 35.5. The predicted molar refractivity (Wildman–Crippen MR) is 97.4 cm³/mol. The van der Waals surface area contributed by atoms with E-state index in [9.17, 15) is 27.6 Å². The van der Waals surface area contributed by atoms with E-state index in [0.29, 0.717) is 23.3 Å². The molecule has 1 heterocycles. The van der Waals surface area contributed by atoms with Gasteiger partial charge in [0.1, 0.15) is 10.9 Å². The number of thiophene rings is 1. The lowest BCUT2D eigenvalue weighted by Crippen LogP contribution is -2.69. The van der Waals surface area contributed by atoms with Gasteiger partial charge in [-0.2, -0.15) is 13.2 Å². The van der Waals surface area contributed by atoms with E-state index in [0.717, 1.165) is 24.2 Å². The Balaban J connectivity index is 2.62. The van der Waals surface area contributed by atoms with Gasteiger partial charge in [0, 0.05) is 4.88 Å². The van der Waals surface area contributed by atoms with E-state index >= 15 is 0 Å². The number of esters is 1. The molecule has 2 rings (SSSR count). The van der Waals surface area contributed by atoms with Crippen molar-refractivity contribution >= 4 is 45.7 Å². The molecule has 12 heteroatoms. The molecule has 1 aliphatic carbocycles. The molecule has 1 aromatic heterocycles. The average Bonchev–Trinajstić information content (AvgIpc) is 2.97. The Labute approximate surface area is 167 Å². The van der Waals surface area contributed by atoms with Crippen LogP contribution in [0.25, 0.3) is 0 Å². The Hall–Kier alpha value is -2.01. The number of primary amides is 1. The maximum absolute atomic E-state index is 14.0. The lowest BCUT2D eigenvalue weighted by molar-refractivity contribution is -0.207. The minimum absolute atomic E-state index is 0.113. The largest absolute Gasteiger partial charge is 0.463 e. The van der Waals surface area contributed by atoms with Gasteiger partial charge in [-0.15, -0.1) is 22.9 Å². The number of amides is 2. The monoisotopic (exact) mass is 441 g/mol. The van der Waals surface area contributed by atoms with Crippen LogP contribution < -0.4 is 16.4 Å². The third-order valence-corrected chi connectivity index (χ3v) is 5.62. The van der Waals surface area contributed by atoms with E-state index < -0.39 is 35.5 Å². The number of rotatable bonds is 7. The SMILES string of the molecule is CCOC(=O)[C@](NC(=O)CCl)(Nc1sc2c(c1C(N)=O)CCCC2)C(F)(F)F. The number of anilines is 1. The van der Waals surface area contributed by atoms with Crippen molar-refractivity contribution in [2.45, 2.75) is 44.4 Å². The van der Waals surface area contributed by atoms with Crippen LogP contribution in [-0.2, 0) is 27.2 Å². The number of carbonyl (C=O) groups excluding carboxylic acids is 3. The molecule has 0 unspecified atom stereocenters. The average molecular weight is 442 g/mol. The molecule has 0 aliphatic heterocycles. The first kappa shape index (κ1) is 22.3. The van der Waals surface area contributed by atoms with Gasteiger partial charge in [0.15, 0.2) is 0 Å². The standard InChI is InChI=1S/C16H19ClF3N3O4S/c1-2-27-14(26)15(16(18,19)20,22-10(24)7-17)23-13-11(12(21)25)8-5-3-4-6-9(8)28-13/h23H,2-7H2,1H3,(H2,21,25)(H,22,24)/t15-/m0/s1. The number of fused-ring (bicyclic) bond motifs is 1.